The molecule has 0 aliphatic rings. The summed E-state index contributed by atoms with van der Waals surface area (Å²) in [6.07, 6.45) is 1.28. The Bertz CT molecular complexity index is 1400. The number of hydrazone groups is 1. The van der Waals surface area contributed by atoms with Gasteiger partial charge in [0.2, 0.25) is 0 Å². The van der Waals surface area contributed by atoms with Crippen molar-refractivity contribution >= 4 is 28.8 Å². The second-order valence-electron chi connectivity index (χ2n) is 7.05. The predicted octanol–water partition coefficient (Wildman–Crippen LogP) is 2.25. The molecular weight excluding hydrogens is 422 g/mol. The minimum atomic E-state index is -1.26. The highest BCUT2D eigenvalue weighted by molar-refractivity contribution is 5.99. The largest absolute Gasteiger partial charge is 0.507 e. The number of aromatic amines is 1. The molecule has 4 N–H and O–H groups in total. The van der Waals surface area contributed by atoms with E-state index in [4.69, 9.17) is 0 Å². The number of amides is 2. The molecule has 1 unspecified atom stereocenters. The minimum absolute atomic E-state index is 0.00211. The van der Waals surface area contributed by atoms with E-state index in [1.807, 2.05) is 0 Å². The van der Waals surface area contributed by atoms with Crippen LogP contribution in [0.3, 0.4) is 0 Å². The van der Waals surface area contributed by atoms with E-state index >= 15 is 0 Å². The normalized spacial score (nSPS) is 11.9. The van der Waals surface area contributed by atoms with E-state index in [0.29, 0.717) is 21.9 Å². The standard InChI is InChI=1S/C24H19N5O4/c30-19-13-7-4-10-16(19)14-25-28-24(33)21(26-22(31)15-8-2-1-3-9-15)20-17-11-5-6-12-18(17)23(32)29-27-20/h1-14,21,30H,(H,26,31)(H,28,33)(H,29,32)/b25-14-. The van der Waals surface area contributed by atoms with Gasteiger partial charge in [0.05, 0.1) is 11.6 Å². The molecule has 0 spiro atoms. The maximum atomic E-state index is 13.1. The molecule has 0 fully saturated rings. The number of aromatic nitrogens is 2. The Morgan fingerprint density at radius 2 is 1.61 bits per heavy atom. The average molecular weight is 441 g/mol. The van der Waals surface area contributed by atoms with Crippen LogP contribution in [0, 0.1) is 0 Å². The topological polar surface area (TPSA) is 137 Å². The Labute approximate surface area is 187 Å². The van der Waals surface area contributed by atoms with Gasteiger partial charge in [0, 0.05) is 16.5 Å². The molecule has 0 aliphatic heterocycles. The zero-order valence-electron chi connectivity index (χ0n) is 17.2. The van der Waals surface area contributed by atoms with Crippen molar-refractivity contribution < 1.29 is 14.7 Å². The van der Waals surface area contributed by atoms with Crippen molar-refractivity contribution in [2.45, 2.75) is 6.04 Å². The van der Waals surface area contributed by atoms with Crippen molar-refractivity contribution in [1.82, 2.24) is 20.9 Å². The van der Waals surface area contributed by atoms with Gasteiger partial charge < -0.3 is 10.4 Å². The summed E-state index contributed by atoms with van der Waals surface area (Å²) in [5.74, 6) is -1.19. The van der Waals surface area contributed by atoms with Crippen molar-refractivity contribution in [2.75, 3.05) is 0 Å². The van der Waals surface area contributed by atoms with Crippen molar-refractivity contribution in [3.05, 3.63) is 106 Å². The van der Waals surface area contributed by atoms with E-state index in [2.05, 4.69) is 26.0 Å². The third-order valence-electron chi connectivity index (χ3n) is 4.89. The third-order valence-corrected chi connectivity index (χ3v) is 4.89. The van der Waals surface area contributed by atoms with E-state index in [0.717, 1.165) is 0 Å². The molecule has 0 aliphatic carbocycles. The second-order valence-corrected chi connectivity index (χ2v) is 7.05. The molecule has 1 atom stereocenters. The van der Waals surface area contributed by atoms with Crippen molar-refractivity contribution in [1.29, 1.82) is 0 Å². The van der Waals surface area contributed by atoms with Gasteiger partial charge in [-0.05, 0) is 30.3 Å². The molecule has 164 valence electrons. The van der Waals surface area contributed by atoms with Gasteiger partial charge in [-0.3, -0.25) is 14.4 Å². The van der Waals surface area contributed by atoms with Gasteiger partial charge in [-0.25, -0.2) is 10.5 Å². The molecular formula is C24H19N5O4. The van der Waals surface area contributed by atoms with Crippen LogP contribution in [0.1, 0.15) is 27.7 Å². The SMILES string of the molecule is O=C(NC(C(=O)N/N=C\c1ccccc1O)c1n[nH]c(=O)c2ccccc12)c1ccccc1. The van der Waals surface area contributed by atoms with Gasteiger partial charge >= 0.3 is 0 Å². The van der Waals surface area contributed by atoms with Gasteiger partial charge in [-0.2, -0.15) is 10.2 Å². The van der Waals surface area contributed by atoms with E-state index in [1.54, 1.807) is 72.8 Å². The van der Waals surface area contributed by atoms with Crippen LogP contribution in [0.15, 0.2) is 88.8 Å². The van der Waals surface area contributed by atoms with Gasteiger partial charge in [-0.15, -0.1) is 0 Å². The number of nitrogens with one attached hydrogen (secondary N) is 3. The summed E-state index contributed by atoms with van der Waals surface area (Å²) < 4.78 is 0. The fourth-order valence-electron chi connectivity index (χ4n) is 3.24. The quantitative estimate of drug-likeness (QED) is 0.269. The summed E-state index contributed by atoms with van der Waals surface area (Å²) in [7, 11) is 0. The van der Waals surface area contributed by atoms with Crippen LogP contribution in [0.25, 0.3) is 10.8 Å². The Morgan fingerprint density at radius 3 is 2.36 bits per heavy atom. The summed E-state index contributed by atoms with van der Waals surface area (Å²) in [6.45, 7) is 0. The molecule has 0 radical (unpaired) electrons. The molecule has 0 saturated carbocycles. The van der Waals surface area contributed by atoms with Crippen LogP contribution in [0.2, 0.25) is 0 Å². The maximum absolute atomic E-state index is 13.1. The predicted molar refractivity (Wildman–Crippen MR) is 123 cm³/mol. The zero-order chi connectivity index (χ0) is 23.2. The van der Waals surface area contributed by atoms with Crippen LogP contribution in [-0.4, -0.2) is 33.3 Å². The van der Waals surface area contributed by atoms with Crippen molar-refractivity contribution in [3.63, 3.8) is 0 Å². The smallest absolute Gasteiger partial charge is 0.272 e. The van der Waals surface area contributed by atoms with Crippen molar-refractivity contribution in [2.24, 2.45) is 5.10 Å². The van der Waals surface area contributed by atoms with Crippen LogP contribution in [-0.2, 0) is 4.79 Å². The molecule has 9 nitrogen and oxygen atoms in total. The van der Waals surface area contributed by atoms with Crippen LogP contribution < -0.4 is 16.3 Å². The first-order valence-corrected chi connectivity index (χ1v) is 9.99. The van der Waals surface area contributed by atoms with Gasteiger partial charge in [0.1, 0.15) is 11.4 Å². The maximum Gasteiger partial charge on any atom is 0.272 e. The lowest BCUT2D eigenvalue weighted by atomic mass is 10.0. The van der Waals surface area contributed by atoms with E-state index in [9.17, 15) is 19.5 Å². The average Bonchev–Trinajstić information content (AvgIpc) is 2.85. The number of rotatable bonds is 6. The number of phenolic OH excluding ortho intramolecular Hbond substituents is 1. The second kappa shape index (κ2) is 9.56. The first-order chi connectivity index (χ1) is 16.0. The molecule has 4 rings (SSSR count). The number of benzene rings is 3. The first-order valence-electron chi connectivity index (χ1n) is 9.99. The molecule has 0 saturated heterocycles. The van der Waals surface area contributed by atoms with Crippen LogP contribution in [0.5, 0.6) is 5.75 Å². The lowest BCUT2D eigenvalue weighted by Crippen LogP contribution is -2.40. The highest BCUT2D eigenvalue weighted by Crippen LogP contribution is 2.20. The van der Waals surface area contributed by atoms with Gasteiger partial charge in [-0.1, -0.05) is 48.5 Å². The number of aromatic hydroxyl groups is 1. The molecule has 3 aromatic carbocycles. The monoisotopic (exact) mass is 441 g/mol. The van der Waals surface area contributed by atoms with Crippen LogP contribution in [0.4, 0.5) is 0 Å². The number of para-hydroxylation sites is 1. The number of phenols is 1. The Balaban J connectivity index is 1.68. The number of H-pyrrole nitrogens is 1. The molecule has 1 aromatic heterocycles. The first kappa shape index (κ1) is 21.4. The van der Waals surface area contributed by atoms with E-state index < -0.39 is 23.4 Å². The molecule has 0 bridgehead atoms. The number of nitrogens with zero attached hydrogens (tertiary/aromatic N) is 2. The van der Waals surface area contributed by atoms with E-state index in [-0.39, 0.29) is 11.4 Å². The third kappa shape index (κ3) is 4.77. The molecule has 33 heavy (non-hydrogen) atoms. The summed E-state index contributed by atoms with van der Waals surface area (Å²) in [4.78, 5) is 38.1. The fraction of sp³-hybridized carbons (Fsp3) is 0.0417. The Hall–Kier alpha value is -4.79. The number of carbonyl (C=O) groups excluding carboxylic acids is 2. The van der Waals surface area contributed by atoms with Crippen LogP contribution >= 0.6 is 0 Å². The van der Waals surface area contributed by atoms with Crippen molar-refractivity contribution in [3.8, 4) is 5.75 Å². The lowest BCUT2D eigenvalue weighted by Gasteiger charge is -2.18. The Kier molecular flexibility index (Phi) is 6.21. The summed E-state index contributed by atoms with van der Waals surface area (Å²) in [5, 5.41) is 23.6. The molecule has 2 amide bonds. The number of fused-ring (bicyclic) bond motifs is 1. The minimum Gasteiger partial charge on any atom is -0.507 e. The lowest BCUT2D eigenvalue weighted by molar-refractivity contribution is -0.123. The highest BCUT2D eigenvalue weighted by atomic mass is 16.3. The van der Waals surface area contributed by atoms with E-state index in [1.165, 1.54) is 12.3 Å². The fourth-order valence-corrected chi connectivity index (χ4v) is 3.24. The Morgan fingerprint density at radius 1 is 0.939 bits per heavy atom. The molecule has 9 heteroatoms. The number of hydrogen-bond acceptors (Lipinski definition) is 6. The molecule has 1 heterocycles. The zero-order valence-corrected chi connectivity index (χ0v) is 17.2. The summed E-state index contributed by atoms with van der Waals surface area (Å²) in [6, 6.07) is 20.3. The number of carbonyl (C=O) groups is 2. The molecule has 4 aromatic rings. The highest BCUT2D eigenvalue weighted by Gasteiger charge is 2.27. The summed E-state index contributed by atoms with van der Waals surface area (Å²) >= 11 is 0. The number of hydrogen-bond donors (Lipinski definition) is 4. The summed E-state index contributed by atoms with van der Waals surface area (Å²) in [5.41, 5.74) is 2.85. The van der Waals surface area contributed by atoms with Gasteiger partial charge in [0.25, 0.3) is 17.4 Å². The van der Waals surface area contributed by atoms with Gasteiger partial charge in [0.15, 0.2) is 6.04 Å².